The van der Waals surface area contributed by atoms with Gasteiger partial charge < -0.3 is 10.3 Å². The van der Waals surface area contributed by atoms with Crippen LogP contribution in [-0.2, 0) is 16.4 Å². The molecule has 3 heterocycles. The summed E-state index contributed by atoms with van der Waals surface area (Å²) in [7, 11) is -3.91. The number of nitrogens with one attached hydrogen (secondary N) is 2. The van der Waals surface area contributed by atoms with Crippen molar-refractivity contribution in [2.45, 2.75) is 11.3 Å². The van der Waals surface area contributed by atoms with Gasteiger partial charge in [0.25, 0.3) is 5.91 Å². The zero-order valence-electron chi connectivity index (χ0n) is 13.6. The van der Waals surface area contributed by atoms with Gasteiger partial charge in [0.05, 0.1) is 21.8 Å². The predicted octanol–water partition coefficient (Wildman–Crippen LogP) is 1.07. The van der Waals surface area contributed by atoms with Gasteiger partial charge in [-0.05, 0) is 24.3 Å². The van der Waals surface area contributed by atoms with Crippen LogP contribution in [0.15, 0.2) is 47.5 Å². The smallest absolute Gasteiger partial charge is 0.253 e. The van der Waals surface area contributed by atoms with E-state index in [4.69, 9.17) is 5.14 Å². The molecule has 9 heteroatoms. The van der Waals surface area contributed by atoms with Gasteiger partial charge in [-0.2, -0.15) is 0 Å². The van der Waals surface area contributed by atoms with Crippen LogP contribution in [0.2, 0.25) is 0 Å². The van der Waals surface area contributed by atoms with Gasteiger partial charge in [0, 0.05) is 30.4 Å². The number of primary sulfonamides is 1. The second-order valence-electron chi connectivity index (χ2n) is 5.89. The van der Waals surface area contributed by atoms with Crippen LogP contribution in [-0.4, -0.2) is 35.8 Å². The molecule has 4 rings (SSSR count). The highest BCUT2D eigenvalue weighted by molar-refractivity contribution is 7.89. The molecule has 1 amide bonds. The van der Waals surface area contributed by atoms with Crippen LogP contribution in [0, 0.1) is 0 Å². The Balaban J connectivity index is 1.81. The highest BCUT2D eigenvalue weighted by atomic mass is 32.2. The summed E-state index contributed by atoms with van der Waals surface area (Å²) in [6.07, 6.45) is 2.25. The molecule has 0 bridgehead atoms. The number of aromatic nitrogens is 3. The maximum atomic E-state index is 11.9. The van der Waals surface area contributed by atoms with E-state index in [1.807, 2.05) is 0 Å². The Labute approximate surface area is 149 Å². The first-order chi connectivity index (χ1) is 12.4. The van der Waals surface area contributed by atoms with E-state index in [1.54, 1.807) is 30.3 Å². The average molecular weight is 369 g/mol. The lowest BCUT2D eigenvalue weighted by molar-refractivity contribution is 0.0946. The molecule has 0 unspecified atom stereocenters. The number of aromatic amines is 1. The first-order valence-corrected chi connectivity index (χ1v) is 9.44. The first kappa shape index (κ1) is 16.4. The molecule has 132 valence electrons. The van der Waals surface area contributed by atoms with E-state index in [0.29, 0.717) is 35.5 Å². The molecule has 0 atom stereocenters. The highest BCUT2D eigenvalue weighted by Crippen LogP contribution is 2.27. The summed E-state index contributed by atoms with van der Waals surface area (Å²) in [5, 5.41) is 8.08. The van der Waals surface area contributed by atoms with Gasteiger partial charge in [0.2, 0.25) is 10.0 Å². The highest BCUT2D eigenvalue weighted by Gasteiger charge is 2.21. The number of carbonyl (C=O) groups is 1. The van der Waals surface area contributed by atoms with E-state index in [9.17, 15) is 13.2 Å². The number of fused-ring (bicyclic) bond motifs is 1. The fraction of sp³-hybridized carbons (Fsp3) is 0.118. The SMILES string of the molecule is NS(=O)(=O)c1ccccc1-c1nccc(-c2cc3c([nH]2)CCNC3=O)n1. The van der Waals surface area contributed by atoms with Crippen LogP contribution in [0.3, 0.4) is 0 Å². The normalized spacial score (nSPS) is 14.0. The van der Waals surface area contributed by atoms with E-state index in [-0.39, 0.29) is 16.6 Å². The molecule has 26 heavy (non-hydrogen) atoms. The number of amides is 1. The number of carbonyl (C=O) groups excluding carboxylic acids is 1. The van der Waals surface area contributed by atoms with Gasteiger partial charge in [-0.15, -0.1) is 0 Å². The summed E-state index contributed by atoms with van der Waals surface area (Å²) in [6.45, 7) is 0.586. The average Bonchev–Trinajstić information content (AvgIpc) is 3.07. The minimum absolute atomic E-state index is 0.0395. The number of H-pyrrole nitrogens is 1. The molecule has 0 aliphatic carbocycles. The van der Waals surface area contributed by atoms with Crippen LogP contribution in [0.1, 0.15) is 16.1 Å². The quantitative estimate of drug-likeness (QED) is 0.636. The van der Waals surface area contributed by atoms with Crippen LogP contribution >= 0.6 is 0 Å². The second kappa shape index (κ2) is 6.04. The van der Waals surface area contributed by atoms with Gasteiger partial charge in [-0.1, -0.05) is 12.1 Å². The number of rotatable bonds is 3. The van der Waals surface area contributed by atoms with E-state index in [0.717, 1.165) is 5.69 Å². The van der Waals surface area contributed by atoms with Crippen molar-refractivity contribution >= 4 is 15.9 Å². The summed E-state index contributed by atoms with van der Waals surface area (Å²) in [4.78, 5) is 23.7. The zero-order valence-corrected chi connectivity index (χ0v) is 14.4. The zero-order chi connectivity index (χ0) is 18.3. The molecule has 0 saturated carbocycles. The number of hydrogen-bond acceptors (Lipinski definition) is 5. The molecule has 4 N–H and O–H groups in total. The largest absolute Gasteiger partial charge is 0.356 e. The maximum Gasteiger partial charge on any atom is 0.253 e. The number of benzene rings is 1. The Bertz CT molecular complexity index is 1120. The standard InChI is InChI=1S/C17H15N5O3S/c18-26(24,25)15-4-2-1-3-10(15)16-19-7-6-13(22-16)14-9-11-12(21-14)5-8-20-17(11)23/h1-4,6-7,9,21H,5,8H2,(H,20,23)(H2,18,24,25). The van der Waals surface area contributed by atoms with Crippen molar-refractivity contribution in [1.82, 2.24) is 20.3 Å². The fourth-order valence-electron chi connectivity index (χ4n) is 2.97. The van der Waals surface area contributed by atoms with E-state index in [2.05, 4.69) is 20.3 Å². The Hall–Kier alpha value is -3.04. The summed E-state index contributed by atoms with van der Waals surface area (Å²) in [5.74, 6) is 0.117. The lowest BCUT2D eigenvalue weighted by atomic mass is 10.1. The van der Waals surface area contributed by atoms with Gasteiger partial charge in [0.15, 0.2) is 5.82 Å². The minimum Gasteiger partial charge on any atom is -0.356 e. The van der Waals surface area contributed by atoms with E-state index < -0.39 is 10.0 Å². The molecule has 0 saturated heterocycles. The number of hydrogen-bond donors (Lipinski definition) is 3. The Morgan fingerprint density at radius 3 is 2.69 bits per heavy atom. The van der Waals surface area contributed by atoms with Crippen molar-refractivity contribution < 1.29 is 13.2 Å². The van der Waals surface area contributed by atoms with Crippen molar-refractivity contribution in [3.05, 3.63) is 53.9 Å². The first-order valence-electron chi connectivity index (χ1n) is 7.89. The summed E-state index contributed by atoms with van der Waals surface area (Å²) in [5.41, 5.74) is 3.00. The Morgan fingerprint density at radius 2 is 1.92 bits per heavy atom. The fourth-order valence-corrected chi connectivity index (χ4v) is 3.70. The summed E-state index contributed by atoms with van der Waals surface area (Å²) < 4.78 is 23.6. The molecule has 1 aliphatic heterocycles. The molecule has 1 aromatic carbocycles. The van der Waals surface area contributed by atoms with Crippen molar-refractivity contribution in [1.29, 1.82) is 0 Å². The third-order valence-corrected chi connectivity index (χ3v) is 5.14. The predicted molar refractivity (Wildman–Crippen MR) is 94.7 cm³/mol. The Kier molecular flexibility index (Phi) is 3.82. The molecular weight excluding hydrogens is 354 g/mol. The molecule has 0 radical (unpaired) electrons. The summed E-state index contributed by atoms with van der Waals surface area (Å²) >= 11 is 0. The van der Waals surface area contributed by atoms with Crippen LogP contribution in [0.4, 0.5) is 0 Å². The lowest BCUT2D eigenvalue weighted by Gasteiger charge is -2.10. The molecule has 2 aromatic heterocycles. The van der Waals surface area contributed by atoms with Crippen molar-refractivity contribution in [2.24, 2.45) is 5.14 Å². The van der Waals surface area contributed by atoms with Gasteiger partial charge in [0.1, 0.15) is 0 Å². The minimum atomic E-state index is -3.91. The van der Waals surface area contributed by atoms with Gasteiger partial charge >= 0.3 is 0 Å². The second-order valence-corrected chi connectivity index (χ2v) is 7.42. The van der Waals surface area contributed by atoms with Crippen molar-refractivity contribution in [2.75, 3.05) is 6.54 Å². The number of nitrogens with zero attached hydrogens (tertiary/aromatic N) is 2. The molecule has 1 aliphatic rings. The van der Waals surface area contributed by atoms with E-state index in [1.165, 1.54) is 12.3 Å². The maximum absolute atomic E-state index is 11.9. The summed E-state index contributed by atoms with van der Waals surface area (Å²) in [6, 6.07) is 9.73. The monoisotopic (exact) mass is 369 g/mol. The molecule has 0 spiro atoms. The van der Waals surface area contributed by atoms with Crippen molar-refractivity contribution in [3.8, 4) is 22.8 Å². The third kappa shape index (κ3) is 2.87. The number of sulfonamides is 1. The topological polar surface area (TPSA) is 131 Å². The molecular formula is C17H15N5O3S. The van der Waals surface area contributed by atoms with Crippen molar-refractivity contribution in [3.63, 3.8) is 0 Å². The number of nitrogens with two attached hydrogens (primary N) is 1. The van der Waals surface area contributed by atoms with E-state index >= 15 is 0 Å². The molecule has 0 fully saturated rings. The van der Waals surface area contributed by atoms with Crippen LogP contribution in [0.5, 0.6) is 0 Å². The molecule has 3 aromatic rings. The Morgan fingerprint density at radius 1 is 1.12 bits per heavy atom. The van der Waals surface area contributed by atoms with Gasteiger partial charge in [-0.25, -0.2) is 23.5 Å². The van der Waals surface area contributed by atoms with Crippen LogP contribution in [0.25, 0.3) is 22.8 Å². The van der Waals surface area contributed by atoms with Crippen LogP contribution < -0.4 is 10.5 Å². The van der Waals surface area contributed by atoms with Gasteiger partial charge in [-0.3, -0.25) is 4.79 Å². The molecule has 8 nitrogen and oxygen atoms in total. The third-order valence-electron chi connectivity index (χ3n) is 4.17. The lowest BCUT2D eigenvalue weighted by Crippen LogP contribution is -2.31.